The van der Waals surface area contributed by atoms with Crippen LogP contribution in [0, 0.1) is 6.92 Å². The van der Waals surface area contributed by atoms with Crippen molar-refractivity contribution < 1.29 is 9.90 Å². The first kappa shape index (κ1) is 15.0. The van der Waals surface area contributed by atoms with Crippen molar-refractivity contribution in [1.29, 1.82) is 0 Å². The average molecular weight is 311 g/mol. The highest BCUT2D eigenvalue weighted by atomic mass is 32.1. The van der Waals surface area contributed by atoms with Crippen LogP contribution in [0.5, 0.6) is 0 Å². The number of carbonyl (C=O) groups is 1. The van der Waals surface area contributed by atoms with Crippen molar-refractivity contribution in [3.63, 3.8) is 0 Å². The van der Waals surface area contributed by atoms with Gasteiger partial charge >= 0.3 is 6.03 Å². The number of nitrogens with zero attached hydrogens (tertiary/aromatic N) is 1. The lowest BCUT2D eigenvalue weighted by atomic mass is 10.1. The maximum Gasteiger partial charge on any atom is 0.315 e. The monoisotopic (exact) mass is 311 g/mol. The molecule has 2 rings (SSSR count). The van der Waals surface area contributed by atoms with E-state index in [1.165, 1.54) is 11.3 Å². The summed E-state index contributed by atoms with van der Waals surface area (Å²) in [6, 6.07) is 3.43. The van der Waals surface area contributed by atoms with Crippen molar-refractivity contribution in [3.05, 3.63) is 38.5 Å². The molecule has 0 aliphatic heterocycles. The van der Waals surface area contributed by atoms with Gasteiger partial charge in [0, 0.05) is 16.0 Å². The quantitative estimate of drug-likeness (QED) is 0.792. The van der Waals surface area contributed by atoms with E-state index in [-0.39, 0.29) is 12.6 Å². The van der Waals surface area contributed by atoms with Gasteiger partial charge in [-0.15, -0.1) is 22.7 Å². The fourth-order valence-electron chi connectivity index (χ4n) is 1.64. The fraction of sp³-hybridized carbons (Fsp3) is 0.385. The van der Waals surface area contributed by atoms with Crippen LogP contribution in [0.1, 0.15) is 21.7 Å². The molecule has 7 heteroatoms. The van der Waals surface area contributed by atoms with Gasteiger partial charge in [0.05, 0.1) is 18.1 Å². The summed E-state index contributed by atoms with van der Waals surface area (Å²) < 4.78 is 0. The normalized spacial score (nSPS) is 13.8. The molecule has 1 atom stereocenters. The summed E-state index contributed by atoms with van der Waals surface area (Å²) in [5.41, 5.74) is -1.05. The van der Waals surface area contributed by atoms with Crippen molar-refractivity contribution in [1.82, 2.24) is 15.6 Å². The third-order valence-corrected chi connectivity index (χ3v) is 4.77. The van der Waals surface area contributed by atoms with Crippen LogP contribution in [0.25, 0.3) is 0 Å². The topological polar surface area (TPSA) is 74.2 Å². The zero-order chi connectivity index (χ0) is 14.6. The molecule has 3 N–H and O–H groups in total. The number of hydrogen-bond donors (Lipinski definition) is 3. The zero-order valence-corrected chi connectivity index (χ0v) is 13.0. The Hall–Kier alpha value is -1.44. The van der Waals surface area contributed by atoms with E-state index in [4.69, 9.17) is 0 Å². The van der Waals surface area contributed by atoms with Crippen LogP contribution in [-0.2, 0) is 12.1 Å². The molecular formula is C13H17N3O2S2. The SMILES string of the molecule is Cc1ncc(CNC(=O)NCC(C)(O)c2cccs2)s1. The molecule has 0 fully saturated rings. The Bertz CT molecular complexity index is 564. The number of rotatable bonds is 5. The third-order valence-electron chi connectivity index (χ3n) is 2.74. The van der Waals surface area contributed by atoms with Gasteiger partial charge in [-0.05, 0) is 25.3 Å². The van der Waals surface area contributed by atoms with Crippen LogP contribution < -0.4 is 10.6 Å². The predicted molar refractivity (Wildman–Crippen MR) is 81.0 cm³/mol. The number of thiophene rings is 1. The Morgan fingerprint density at radius 3 is 2.90 bits per heavy atom. The number of nitrogens with one attached hydrogen (secondary N) is 2. The van der Waals surface area contributed by atoms with E-state index >= 15 is 0 Å². The molecule has 0 spiro atoms. The van der Waals surface area contributed by atoms with Crippen molar-refractivity contribution in [2.75, 3.05) is 6.54 Å². The van der Waals surface area contributed by atoms with Crippen LogP contribution in [-0.4, -0.2) is 22.7 Å². The molecule has 5 nitrogen and oxygen atoms in total. The molecular weight excluding hydrogens is 294 g/mol. The molecule has 0 aromatic carbocycles. The summed E-state index contributed by atoms with van der Waals surface area (Å²) in [5, 5.41) is 18.6. The minimum absolute atomic E-state index is 0.168. The summed E-state index contributed by atoms with van der Waals surface area (Å²) in [5.74, 6) is 0. The maximum atomic E-state index is 11.7. The van der Waals surface area contributed by atoms with Gasteiger partial charge < -0.3 is 15.7 Å². The van der Waals surface area contributed by atoms with Crippen molar-refractivity contribution >= 4 is 28.7 Å². The molecule has 20 heavy (non-hydrogen) atoms. The number of aromatic nitrogens is 1. The van der Waals surface area contributed by atoms with E-state index < -0.39 is 5.60 Å². The fourth-order valence-corrected chi connectivity index (χ4v) is 3.16. The van der Waals surface area contributed by atoms with E-state index in [0.717, 1.165) is 14.8 Å². The molecule has 2 aromatic rings. The van der Waals surface area contributed by atoms with Crippen LogP contribution >= 0.6 is 22.7 Å². The summed E-state index contributed by atoms with van der Waals surface area (Å²) in [7, 11) is 0. The molecule has 1 unspecified atom stereocenters. The van der Waals surface area contributed by atoms with Crippen LogP contribution in [0.4, 0.5) is 4.79 Å². The predicted octanol–water partition coefficient (Wildman–Crippen LogP) is 2.22. The Balaban J connectivity index is 1.77. The third kappa shape index (κ3) is 4.03. The number of hydrogen-bond acceptors (Lipinski definition) is 5. The molecule has 2 heterocycles. The van der Waals surface area contributed by atoms with Crippen molar-refractivity contribution in [3.8, 4) is 0 Å². The standard InChI is InChI=1S/C13H17N3O2S2/c1-9-14-6-10(20-9)7-15-12(17)16-8-13(2,18)11-4-3-5-19-11/h3-6,18H,7-8H2,1-2H3,(H2,15,16,17). The first-order valence-corrected chi connectivity index (χ1v) is 7.86. The lowest BCUT2D eigenvalue weighted by Gasteiger charge is -2.22. The second kappa shape index (κ2) is 6.34. The Labute approximate surface area is 125 Å². The number of aryl methyl sites for hydroxylation is 1. The molecule has 2 aromatic heterocycles. The molecule has 0 saturated heterocycles. The van der Waals surface area contributed by atoms with E-state index in [1.54, 1.807) is 24.5 Å². The zero-order valence-electron chi connectivity index (χ0n) is 11.3. The van der Waals surface area contributed by atoms with Gasteiger partial charge in [0.1, 0.15) is 5.60 Å². The second-order valence-corrected chi connectivity index (χ2v) is 6.90. The van der Waals surface area contributed by atoms with Gasteiger partial charge in [0.25, 0.3) is 0 Å². The minimum Gasteiger partial charge on any atom is -0.383 e. The van der Waals surface area contributed by atoms with Gasteiger partial charge in [-0.1, -0.05) is 6.07 Å². The largest absolute Gasteiger partial charge is 0.383 e. The van der Waals surface area contributed by atoms with Crippen molar-refractivity contribution in [2.24, 2.45) is 0 Å². The van der Waals surface area contributed by atoms with E-state index in [1.807, 2.05) is 24.4 Å². The summed E-state index contributed by atoms with van der Waals surface area (Å²) in [6.45, 7) is 4.22. The van der Waals surface area contributed by atoms with Gasteiger partial charge in [0.2, 0.25) is 0 Å². The second-order valence-electron chi connectivity index (χ2n) is 4.63. The lowest BCUT2D eigenvalue weighted by Crippen LogP contribution is -2.42. The first-order chi connectivity index (χ1) is 9.47. The van der Waals surface area contributed by atoms with Gasteiger partial charge in [-0.25, -0.2) is 9.78 Å². The van der Waals surface area contributed by atoms with Crippen LogP contribution in [0.2, 0.25) is 0 Å². The average Bonchev–Trinajstić information content (AvgIpc) is 3.05. The molecule has 0 aliphatic rings. The molecule has 108 valence electrons. The lowest BCUT2D eigenvalue weighted by molar-refractivity contribution is 0.0631. The Morgan fingerprint density at radius 1 is 1.50 bits per heavy atom. The Morgan fingerprint density at radius 2 is 2.30 bits per heavy atom. The molecule has 0 aliphatic carbocycles. The smallest absolute Gasteiger partial charge is 0.315 e. The van der Waals surface area contributed by atoms with E-state index in [2.05, 4.69) is 15.6 Å². The molecule has 0 bridgehead atoms. The van der Waals surface area contributed by atoms with Crippen LogP contribution in [0.3, 0.4) is 0 Å². The maximum absolute atomic E-state index is 11.7. The summed E-state index contributed by atoms with van der Waals surface area (Å²) >= 11 is 3.02. The van der Waals surface area contributed by atoms with E-state index in [9.17, 15) is 9.90 Å². The number of thiazole rings is 1. The number of aliphatic hydroxyl groups is 1. The van der Waals surface area contributed by atoms with E-state index in [0.29, 0.717) is 6.54 Å². The van der Waals surface area contributed by atoms with Gasteiger partial charge in [-0.3, -0.25) is 0 Å². The van der Waals surface area contributed by atoms with Gasteiger partial charge in [0.15, 0.2) is 0 Å². The highest BCUT2D eigenvalue weighted by Gasteiger charge is 2.24. The van der Waals surface area contributed by atoms with Crippen molar-refractivity contribution in [2.45, 2.75) is 26.0 Å². The number of carbonyl (C=O) groups excluding carboxylic acids is 1. The first-order valence-electron chi connectivity index (χ1n) is 6.17. The molecule has 0 radical (unpaired) electrons. The summed E-state index contributed by atoms with van der Waals surface area (Å²) in [4.78, 5) is 17.6. The highest BCUT2D eigenvalue weighted by Crippen LogP contribution is 2.24. The highest BCUT2D eigenvalue weighted by molar-refractivity contribution is 7.11. The Kier molecular flexibility index (Phi) is 4.74. The minimum atomic E-state index is -1.05. The number of urea groups is 1. The molecule has 0 saturated carbocycles. The number of amides is 2. The summed E-state index contributed by atoms with van der Waals surface area (Å²) in [6.07, 6.45) is 1.75. The molecule has 2 amide bonds. The van der Waals surface area contributed by atoms with Gasteiger partial charge in [-0.2, -0.15) is 0 Å². The van der Waals surface area contributed by atoms with Crippen LogP contribution in [0.15, 0.2) is 23.7 Å².